The maximum Gasteiger partial charge on any atom is 0.0897 e. The van der Waals surface area contributed by atoms with Crippen molar-refractivity contribution in [3.63, 3.8) is 0 Å². The number of thiazole rings is 1. The van der Waals surface area contributed by atoms with E-state index in [-0.39, 0.29) is 0 Å². The molecule has 3 rings (SSSR count). The molecule has 2 aromatic carbocycles. The van der Waals surface area contributed by atoms with E-state index in [2.05, 4.69) is 72.0 Å². The number of aryl methyl sites for hydroxylation is 1. The lowest BCUT2D eigenvalue weighted by Crippen LogP contribution is -2.23. The van der Waals surface area contributed by atoms with Crippen molar-refractivity contribution in [1.82, 2.24) is 10.3 Å². The van der Waals surface area contributed by atoms with Gasteiger partial charge in [-0.25, -0.2) is 4.98 Å². The molecule has 108 valence electrons. The zero-order valence-corrected chi connectivity index (χ0v) is 13.3. The monoisotopic (exact) mass is 296 g/mol. The van der Waals surface area contributed by atoms with Gasteiger partial charge in [0.15, 0.2) is 0 Å². The number of nitrogens with zero attached hydrogens (tertiary/aromatic N) is 1. The summed E-state index contributed by atoms with van der Waals surface area (Å²) < 4.78 is 0. The average molecular weight is 296 g/mol. The van der Waals surface area contributed by atoms with Crippen LogP contribution in [0.1, 0.15) is 29.2 Å². The molecule has 0 bridgehead atoms. The minimum Gasteiger partial charge on any atom is -0.310 e. The number of hydrogen-bond acceptors (Lipinski definition) is 3. The lowest BCUT2D eigenvalue weighted by atomic mass is 9.96. The molecule has 1 unspecified atom stereocenters. The van der Waals surface area contributed by atoms with Crippen LogP contribution in [0.5, 0.6) is 0 Å². The minimum atomic E-state index is 0.308. The van der Waals surface area contributed by atoms with E-state index < -0.39 is 0 Å². The lowest BCUT2D eigenvalue weighted by Gasteiger charge is -2.19. The fraction of sp³-hybridized carbons (Fsp3) is 0.278. The summed E-state index contributed by atoms with van der Waals surface area (Å²) in [6.45, 7) is 5.18. The van der Waals surface area contributed by atoms with Gasteiger partial charge in [0.2, 0.25) is 0 Å². The highest BCUT2D eigenvalue weighted by Gasteiger charge is 2.15. The van der Waals surface area contributed by atoms with Crippen LogP contribution in [-0.4, -0.2) is 11.5 Å². The van der Waals surface area contributed by atoms with Crippen molar-refractivity contribution >= 4 is 22.1 Å². The molecule has 2 nitrogen and oxygen atoms in total. The molecule has 0 fully saturated rings. The van der Waals surface area contributed by atoms with E-state index in [1.165, 1.54) is 22.0 Å². The van der Waals surface area contributed by atoms with E-state index >= 15 is 0 Å². The average Bonchev–Trinajstić information content (AvgIpc) is 2.91. The zero-order valence-electron chi connectivity index (χ0n) is 12.5. The summed E-state index contributed by atoms with van der Waals surface area (Å²) >= 11 is 1.72. The van der Waals surface area contributed by atoms with Gasteiger partial charge in [0.25, 0.3) is 0 Å². The molecular weight excluding hydrogens is 276 g/mol. The third-order valence-electron chi connectivity index (χ3n) is 3.73. The molecule has 1 N–H and O–H groups in total. The zero-order chi connectivity index (χ0) is 14.7. The Labute approximate surface area is 129 Å². The van der Waals surface area contributed by atoms with Crippen LogP contribution < -0.4 is 5.32 Å². The van der Waals surface area contributed by atoms with E-state index in [4.69, 9.17) is 0 Å². The highest BCUT2D eigenvalue weighted by atomic mass is 32.1. The van der Waals surface area contributed by atoms with Crippen molar-refractivity contribution in [3.05, 3.63) is 64.1 Å². The Morgan fingerprint density at radius 1 is 1.14 bits per heavy atom. The lowest BCUT2D eigenvalue weighted by molar-refractivity contribution is 0.548. The summed E-state index contributed by atoms with van der Waals surface area (Å²) in [5, 5.41) is 9.55. The SMILES string of the molecule is CCNC(Cc1csc(C)n1)c1cccc2ccccc12. The predicted octanol–water partition coefficient (Wildman–Crippen LogP) is 4.50. The van der Waals surface area contributed by atoms with Gasteiger partial charge >= 0.3 is 0 Å². The molecule has 1 heterocycles. The maximum atomic E-state index is 4.62. The Bertz CT molecular complexity index is 727. The fourth-order valence-corrected chi connectivity index (χ4v) is 3.43. The molecular formula is C18H20N2S. The molecule has 0 aliphatic carbocycles. The number of fused-ring (bicyclic) bond motifs is 1. The van der Waals surface area contributed by atoms with E-state index in [1.807, 2.05) is 0 Å². The van der Waals surface area contributed by atoms with Crippen LogP contribution in [-0.2, 0) is 6.42 Å². The van der Waals surface area contributed by atoms with Gasteiger partial charge in [-0.05, 0) is 29.8 Å². The van der Waals surface area contributed by atoms with Gasteiger partial charge in [0.05, 0.1) is 10.7 Å². The van der Waals surface area contributed by atoms with Gasteiger partial charge in [0.1, 0.15) is 0 Å². The van der Waals surface area contributed by atoms with Crippen LogP contribution in [0.15, 0.2) is 47.8 Å². The number of benzene rings is 2. The summed E-state index contributed by atoms with van der Waals surface area (Å²) in [6.07, 6.45) is 0.937. The van der Waals surface area contributed by atoms with Crippen LogP contribution >= 0.6 is 11.3 Å². The molecule has 0 radical (unpaired) electrons. The second-order valence-corrected chi connectivity index (χ2v) is 6.30. The van der Waals surface area contributed by atoms with Gasteiger partial charge in [-0.1, -0.05) is 49.4 Å². The summed E-state index contributed by atoms with van der Waals surface area (Å²) in [5.74, 6) is 0. The van der Waals surface area contributed by atoms with E-state index in [1.54, 1.807) is 11.3 Å². The number of rotatable bonds is 5. The van der Waals surface area contributed by atoms with Crippen molar-refractivity contribution in [2.45, 2.75) is 26.3 Å². The van der Waals surface area contributed by atoms with E-state index in [0.717, 1.165) is 18.0 Å². The van der Waals surface area contributed by atoms with E-state index in [0.29, 0.717) is 6.04 Å². The quantitative estimate of drug-likeness (QED) is 0.750. The van der Waals surface area contributed by atoms with Crippen molar-refractivity contribution < 1.29 is 0 Å². The fourth-order valence-electron chi connectivity index (χ4n) is 2.80. The van der Waals surface area contributed by atoms with Crippen molar-refractivity contribution in [3.8, 4) is 0 Å². The Balaban J connectivity index is 1.98. The number of hydrogen-bond donors (Lipinski definition) is 1. The molecule has 0 saturated carbocycles. The second kappa shape index (κ2) is 6.37. The Hall–Kier alpha value is -1.71. The molecule has 1 atom stereocenters. The van der Waals surface area contributed by atoms with Crippen LogP contribution in [0.3, 0.4) is 0 Å². The smallest absolute Gasteiger partial charge is 0.0897 e. The largest absolute Gasteiger partial charge is 0.310 e. The molecule has 3 aromatic rings. The summed E-state index contributed by atoms with van der Waals surface area (Å²) in [5.41, 5.74) is 2.54. The van der Waals surface area contributed by atoms with Gasteiger partial charge < -0.3 is 5.32 Å². The highest BCUT2D eigenvalue weighted by molar-refractivity contribution is 7.09. The first-order valence-electron chi connectivity index (χ1n) is 7.40. The molecule has 0 aliphatic rings. The maximum absolute atomic E-state index is 4.62. The van der Waals surface area contributed by atoms with Crippen molar-refractivity contribution in [1.29, 1.82) is 0 Å². The van der Waals surface area contributed by atoms with Gasteiger partial charge in [0, 0.05) is 17.8 Å². The molecule has 21 heavy (non-hydrogen) atoms. The first-order valence-corrected chi connectivity index (χ1v) is 8.28. The molecule has 3 heteroatoms. The first-order chi connectivity index (χ1) is 10.3. The number of nitrogens with one attached hydrogen (secondary N) is 1. The second-order valence-electron chi connectivity index (χ2n) is 5.24. The summed E-state index contributed by atoms with van der Waals surface area (Å²) in [4.78, 5) is 4.62. The Morgan fingerprint density at radius 2 is 1.95 bits per heavy atom. The predicted molar refractivity (Wildman–Crippen MR) is 90.9 cm³/mol. The first kappa shape index (κ1) is 14.2. The van der Waals surface area contributed by atoms with Crippen molar-refractivity contribution in [2.24, 2.45) is 0 Å². The normalized spacial score (nSPS) is 12.7. The Kier molecular flexibility index (Phi) is 4.32. The standard InChI is InChI=1S/C18H20N2S/c1-3-19-18(11-15-12-21-13(2)20-15)17-10-6-8-14-7-4-5-9-16(14)17/h4-10,12,18-19H,3,11H2,1-2H3. The highest BCUT2D eigenvalue weighted by Crippen LogP contribution is 2.27. The summed E-state index contributed by atoms with van der Waals surface area (Å²) in [6, 6.07) is 15.5. The molecule has 0 saturated heterocycles. The third-order valence-corrected chi connectivity index (χ3v) is 4.55. The van der Waals surface area contributed by atoms with Crippen LogP contribution in [0.4, 0.5) is 0 Å². The number of likely N-dealkylation sites (N-methyl/N-ethyl adjacent to an activating group) is 1. The van der Waals surface area contributed by atoms with E-state index in [9.17, 15) is 0 Å². The molecule has 1 aromatic heterocycles. The topological polar surface area (TPSA) is 24.9 Å². The summed E-state index contributed by atoms with van der Waals surface area (Å²) in [7, 11) is 0. The number of aromatic nitrogens is 1. The van der Waals surface area contributed by atoms with Crippen LogP contribution in [0.2, 0.25) is 0 Å². The van der Waals surface area contributed by atoms with Crippen LogP contribution in [0, 0.1) is 6.92 Å². The molecule has 0 amide bonds. The molecule has 0 spiro atoms. The third kappa shape index (κ3) is 3.14. The van der Waals surface area contributed by atoms with Gasteiger partial charge in [-0.3, -0.25) is 0 Å². The Morgan fingerprint density at radius 3 is 2.71 bits per heavy atom. The van der Waals surface area contributed by atoms with Gasteiger partial charge in [-0.15, -0.1) is 11.3 Å². The van der Waals surface area contributed by atoms with Crippen molar-refractivity contribution in [2.75, 3.05) is 6.54 Å². The van der Waals surface area contributed by atoms with Gasteiger partial charge in [-0.2, -0.15) is 0 Å². The minimum absolute atomic E-state index is 0.308. The molecule has 0 aliphatic heterocycles. The van der Waals surface area contributed by atoms with Crippen LogP contribution in [0.25, 0.3) is 10.8 Å².